The molecule has 600 valence electrons. The van der Waals surface area contributed by atoms with Crippen LogP contribution >= 0.6 is 356 Å². The number of aromatic nitrogens is 20. The molecular weight excluding hydrogens is 2000 g/mol. The molecule has 0 unspecified atom stereocenters. The van der Waals surface area contributed by atoms with E-state index < -0.39 is 0 Å². The van der Waals surface area contributed by atoms with Gasteiger partial charge in [0, 0.05) is 36.3 Å². The van der Waals surface area contributed by atoms with Crippen LogP contribution in [-0.2, 0) is 30.5 Å². The molecule has 0 amide bonds. The van der Waals surface area contributed by atoms with Gasteiger partial charge in [-0.2, -0.15) is 40.8 Å². The number of anilines is 1. The molecule has 13 aromatic heterocycles. The van der Waals surface area contributed by atoms with E-state index in [4.69, 9.17) is 121 Å². The number of nitrogens with one attached hydrogen (secondary N) is 11. The van der Waals surface area contributed by atoms with Crippen molar-refractivity contribution in [2.24, 2.45) is 0 Å². The Morgan fingerprint density at radius 3 is 1.23 bits per heavy atom. The summed E-state index contributed by atoms with van der Waals surface area (Å²) in [5.41, 5.74) is 8.79. The highest BCUT2D eigenvalue weighted by Crippen LogP contribution is 2.25. The predicted octanol–water partition coefficient (Wildman–Crippen LogP) is 24.5. The summed E-state index contributed by atoms with van der Waals surface area (Å²) >= 11 is 90.7. The summed E-state index contributed by atoms with van der Waals surface area (Å²) in [5.74, 6) is 0.109. The van der Waals surface area contributed by atoms with E-state index in [0.29, 0.717) is 45.2 Å². The van der Waals surface area contributed by atoms with Crippen LogP contribution in [0.3, 0.4) is 0 Å². The molecule has 112 heavy (non-hydrogen) atoms. The van der Waals surface area contributed by atoms with Crippen molar-refractivity contribution < 1.29 is 14.7 Å². The lowest BCUT2D eigenvalue weighted by Gasteiger charge is -1.95. The van der Waals surface area contributed by atoms with Crippen LogP contribution in [0.5, 0.6) is 0 Å². The van der Waals surface area contributed by atoms with Gasteiger partial charge in [0.05, 0.1) is 23.3 Å². The van der Waals surface area contributed by atoms with E-state index in [9.17, 15) is 9.59 Å². The Morgan fingerprint density at radius 2 is 0.938 bits per heavy atom. The summed E-state index contributed by atoms with van der Waals surface area (Å²) in [6.45, 7) is 7.86. The maximum absolute atomic E-state index is 11.7. The molecule has 15 aromatic rings. The zero-order chi connectivity index (χ0) is 82.6. The van der Waals surface area contributed by atoms with Gasteiger partial charge in [-0.25, -0.2) is 0 Å². The third-order valence-electron chi connectivity index (χ3n) is 10.4. The number of H-pyrrole nitrogens is 11. The Balaban J connectivity index is 0.000000317. The molecule has 0 aliphatic carbocycles. The number of nitrogens with zero attached hydrogens (tertiary/aromatic N) is 9. The highest BCUT2D eigenvalue weighted by molar-refractivity contribution is 8.15. The highest BCUT2D eigenvalue weighted by Gasteiger charge is 2.10. The van der Waals surface area contributed by atoms with Gasteiger partial charge < -0.3 is 10.8 Å². The molecule has 15 rings (SSSR count). The lowest BCUT2D eigenvalue weighted by Crippen LogP contribution is -1.94. The van der Waals surface area contributed by atoms with Gasteiger partial charge in [0.15, 0.2) is 52.2 Å². The number of aryl methyl sites for hydroxylation is 4. The van der Waals surface area contributed by atoms with Crippen molar-refractivity contribution in [3.05, 3.63) is 192 Å². The van der Waals surface area contributed by atoms with Gasteiger partial charge in [-0.1, -0.05) is 199 Å². The van der Waals surface area contributed by atoms with E-state index in [-0.39, 0.29) is 17.5 Å². The Labute approximate surface area is 780 Å². The maximum atomic E-state index is 11.7. The number of hydrogen-bond donors (Lipinski definition) is 17. The van der Waals surface area contributed by atoms with Crippen molar-refractivity contribution in [1.82, 2.24) is 102 Å². The van der Waals surface area contributed by atoms with Gasteiger partial charge in [0.25, 0.3) is 0 Å². The molecule has 0 radical (unpaired) electrons. The Bertz CT molecular complexity index is 5500. The molecule has 0 aliphatic rings. The number of nitrogen functional groups attached to an aromatic ring is 1. The van der Waals surface area contributed by atoms with Crippen molar-refractivity contribution in [3.63, 3.8) is 0 Å². The first-order valence-corrected chi connectivity index (χ1v) is 49.3. The van der Waals surface area contributed by atoms with Gasteiger partial charge in [0.2, 0.25) is 10.2 Å². The number of hydrogen-bond acceptors (Lipinski definition) is 43. The maximum Gasteiger partial charge on any atom is 0.226 e. The zero-order valence-electron chi connectivity index (χ0n) is 58.1. The Kier molecular flexibility index (Phi) is 57.0. The minimum Gasteiger partial charge on any atom is -0.396 e. The quantitative estimate of drug-likeness (QED) is 0.0307. The van der Waals surface area contributed by atoms with E-state index in [1.807, 2.05) is 85.3 Å². The number of thioether (sulfide) groups is 2. The van der Waals surface area contributed by atoms with Crippen LogP contribution in [0.2, 0.25) is 0 Å². The van der Waals surface area contributed by atoms with Crippen LogP contribution in [-0.4, -0.2) is 131 Å². The smallest absolute Gasteiger partial charge is 0.226 e. The number of rotatable bonds is 12. The van der Waals surface area contributed by atoms with Crippen LogP contribution in [0, 0.1) is 57.3 Å². The number of carbonyl (C=O) groups is 2. The third kappa shape index (κ3) is 52.5. The molecule has 2 aromatic carbocycles. The van der Waals surface area contributed by atoms with E-state index in [0.717, 1.165) is 110 Å². The molecule has 24 nitrogen and oxygen atoms in total. The van der Waals surface area contributed by atoms with Crippen molar-refractivity contribution in [2.75, 3.05) is 18.6 Å². The molecule has 54 heteroatoms. The standard InChI is InChI=1S/C9H6N2OS3.C9H8N2S2.C5H6N2OS2.C5H8N2OS2.C5H8N2S2.C5H6S2.C4H4S3.C4H4S2.C3H4N2S3.C3H4N2S2.C2H3N3S2.C2H2N2S3.C2H2N2S2/c12-7(6-4-2-1-3-5-6)14-9-11-10-8(13)15-9;12-9-11-10-8(13-9)6-7-4-2-1-3-5-7;1-3(8)2-4-6-7-5(9)10-4;8-3-1-2-4-6-7-5(9)10-4;1-2-3-4-6-7-5(8)9-4;1-4-2-3-5(6)7-4;5-3-1-2-4(6)7-3;5-4-2-1-3-6-4;1-7-3-5-4-2(6)8-3;1-2-4-5-3(6)7-2;3-1-4-5-2(6)7-1;5-1-3-4-2(6)7-1;5-2-4-3-1-6-2/h1-5H,(H,10,13);1-5H,6H2,(H,11,12);2H2,1H3,(H,7,9);8H,1-3H2,(H,7,9);2-3H2,1H3,(H,7,8);2-3,6H,1H3;1-2,5-6H;1-3,5H;1H3,(H,4,6);1H3,(H,5,6);(H2,3,4)(H,5,6);(H,3,5)(H,4,6);1H,(H,4,5). The normalized spacial score (nSPS) is 9.62. The zero-order valence-corrected chi connectivity index (χ0v) is 82.9. The molecule has 0 bridgehead atoms. The number of thiophene rings is 3. The first-order valence-electron chi connectivity index (χ1n) is 30.3. The number of ketones is 1. The van der Waals surface area contributed by atoms with Crippen molar-refractivity contribution in [1.29, 1.82) is 0 Å². The number of aliphatic hydroxyl groups excluding tert-OH is 1. The SMILES string of the molecule is CC(=O)Cc1n[nH]c(=S)s1.CCCc1n[nH]c(=S)s1.CSc1n[nH]c(=S)s1.Cc1ccc(S)s1.Cc1n[nH]c(=S)s1.Nc1n[nH]c(=S)s1.O=C(Sc1n[nH]c(=S)s1)c1ccccc1.OCCCc1n[nH]c(=S)s1.S=c1[nH][nH]c(=S)s1.S=c1[nH]nc(Cc2ccccc2)s1.S=c1[nH]ncs1.Sc1ccc(S)s1.Sc1cccs1. The van der Waals surface area contributed by atoms with Crippen molar-refractivity contribution >= 4 is 372 Å². The fourth-order valence-electron chi connectivity index (χ4n) is 6.08. The van der Waals surface area contributed by atoms with E-state index >= 15 is 0 Å². The van der Waals surface area contributed by atoms with Gasteiger partial charge in [0.1, 0.15) is 36.3 Å². The average Bonchev–Trinajstić information content (AvgIpc) is 1.63. The monoisotopic (exact) mass is 2060 g/mol. The fourth-order valence-corrected chi connectivity index (χ4v) is 19.9. The Hall–Kier alpha value is -3.24. The first-order chi connectivity index (χ1) is 53.5. The fraction of sp³-hybridized carbons (Fsp3) is 0.207. The molecule has 0 saturated carbocycles. The lowest BCUT2D eigenvalue weighted by molar-refractivity contribution is -0.116. The molecule has 13 heterocycles. The second kappa shape index (κ2) is 62.0. The summed E-state index contributed by atoms with van der Waals surface area (Å²) < 4.78 is 13.5. The minimum atomic E-state index is -0.0200. The van der Waals surface area contributed by atoms with Crippen molar-refractivity contribution in [2.45, 2.75) is 91.7 Å². The molecule has 0 spiro atoms. The second-order valence-electron chi connectivity index (χ2n) is 19.1. The van der Waals surface area contributed by atoms with Gasteiger partial charge in [-0.05, 0) is 227 Å². The first kappa shape index (κ1) is 103. The van der Waals surface area contributed by atoms with E-state index in [1.165, 1.54) is 119 Å². The molecular formula is C58H65N21O3S30. The summed E-state index contributed by atoms with van der Waals surface area (Å²) in [6.07, 6.45) is 6.97. The van der Waals surface area contributed by atoms with Crippen LogP contribution in [0.1, 0.15) is 72.5 Å². The number of aliphatic hydroxyl groups is 1. The number of nitrogens with two attached hydrogens (primary N) is 1. The third-order valence-corrected chi connectivity index (χ3v) is 27.0. The summed E-state index contributed by atoms with van der Waals surface area (Å²) in [4.78, 5) is 23.6. The van der Waals surface area contributed by atoms with Gasteiger partial charge in [-0.3, -0.25) is 65.7 Å². The molecule has 0 saturated heterocycles. The van der Waals surface area contributed by atoms with Crippen LogP contribution in [0.15, 0.2) is 133 Å². The van der Waals surface area contributed by atoms with Crippen LogP contribution in [0.25, 0.3) is 0 Å². The minimum absolute atomic E-state index is 0.0200. The number of thiol groups is 4. The summed E-state index contributed by atoms with van der Waals surface area (Å²) in [5, 5.41) is 79.7. The average molecular weight is 2070 g/mol. The number of carbonyl (C=O) groups excluding carboxylic acids is 2. The molecule has 14 N–H and O–H groups in total. The van der Waals surface area contributed by atoms with Crippen molar-refractivity contribution in [3.8, 4) is 0 Å². The topological polar surface area (TPSA) is 370 Å². The largest absolute Gasteiger partial charge is 0.396 e. The van der Waals surface area contributed by atoms with Gasteiger partial charge >= 0.3 is 0 Å². The molecule has 0 fully saturated rings. The van der Waals surface area contributed by atoms with E-state index in [1.54, 1.807) is 74.8 Å². The van der Waals surface area contributed by atoms with Crippen LogP contribution < -0.4 is 5.73 Å². The lowest BCUT2D eigenvalue weighted by atomic mass is 10.2. The number of benzene rings is 2. The Morgan fingerprint density at radius 1 is 0.464 bits per heavy atom. The highest BCUT2D eigenvalue weighted by atomic mass is 32.2. The van der Waals surface area contributed by atoms with Gasteiger partial charge in [-0.15, -0.1) is 89.6 Å². The number of Topliss-reactive ketones (excluding diaryl/α,β-unsaturated/α-hetero) is 1. The van der Waals surface area contributed by atoms with Crippen LogP contribution in [0.4, 0.5) is 5.13 Å². The molecule has 0 aliphatic heterocycles. The molecule has 0 atom stereocenters. The summed E-state index contributed by atoms with van der Waals surface area (Å²) in [6, 6.07) is 31.2. The number of aromatic amines is 11. The second-order valence-corrected chi connectivity index (χ2v) is 45.6. The summed E-state index contributed by atoms with van der Waals surface area (Å²) in [7, 11) is 0. The van der Waals surface area contributed by atoms with E-state index in [2.05, 4.69) is 209 Å². The predicted molar refractivity (Wildman–Crippen MR) is 518 cm³/mol.